The van der Waals surface area contributed by atoms with E-state index >= 15 is 0 Å². The van der Waals surface area contributed by atoms with Crippen molar-refractivity contribution in [3.63, 3.8) is 0 Å². The summed E-state index contributed by atoms with van der Waals surface area (Å²) in [6, 6.07) is 0. The van der Waals surface area contributed by atoms with Gasteiger partial charge in [0.05, 0.1) is 11.9 Å². The maximum absolute atomic E-state index is 11.8. The van der Waals surface area contributed by atoms with E-state index in [4.69, 9.17) is 0 Å². The van der Waals surface area contributed by atoms with Gasteiger partial charge in [-0.2, -0.15) is 5.10 Å². The van der Waals surface area contributed by atoms with Gasteiger partial charge in [0, 0.05) is 6.54 Å². The molecule has 0 fully saturated rings. The van der Waals surface area contributed by atoms with Crippen LogP contribution in [0, 0.1) is 20.8 Å². The molecule has 0 aliphatic carbocycles. The number of fused-ring (bicyclic) bond motifs is 1. The van der Waals surface area contributed by atoms with Gasteiger partial charge in [-0.25, -0.2) is 9.50 Å². The molecule has 90 valence electrons. The number of amides is 1. The quantitative estimate of drug-likeness (QED) is 0.851. The Morgan fingerprint density at radius 3 is 2.71 bits per heavy atom. The van der Waals surface area contributed by atoms with E-state index < -0.39 is 0 Å². The molecule has 0 saturated heterocycles. The Hall–Kier alpha value is -1.91. The second-order valence-electron chi connectivity index (χ2n) is 4.07. The fourth-order valence-corrected chi connectivity index (χ4v) is 1.77. The number of aryl methyl sites for hydroxylation is 2. The number of imidazole rings is 1. The minimum atomic E-state index is -0.143. The Morgan fingerprint density at radius 1 is 1.35 bits per heavy atom. The van der Waals surface area contributed by atoms with Gasteiger partial charge < -0.3 is 5.32 Å². The number of nitrogens with zero attached hydrogens (tertiary/aromatic N) is 3. The van der Waals surface area contributed by atoms with Crippen molar-refractivity contribution in [1.29, 1.82) is 0 Å². The molecule has 0 spiro atoms. The predicted octanol–water partition coefficient (Wildman–Crippen LogP) is 1.40. The first kappa shape index (κ1) is 11.6. The average molecular weight is 232 g/mol. The molecule has 0 atom stereocenters. The van der Waals surface area contributed by atoms with Crippen molar-refractivity contribution in [1.82, 2.24) is 19.9 Å². The first-order valence-corrected chi connectivity index (χ1v) is 5.66. The van der Waals surface area contributed by atoms with E-state index in [9.17, 15) is 4.79 Å². The summed E-state index contributed by atoms with van der Waals surface area (Å²) in [5, 5.41) is 7.15. The Kier molecular flexibility index (Phi) is 2.83. The number of hydrogen-bond acceptors (Lipinski definition) is 3. The summed E-state index contributed by atoms with van der Waals surface area (Å²) in [5.74, 6) is -0.143. The second kappa shape index (κ2) is 4.16. The first-order valence-electron chi connectivity index (χ1n) is 5.66. The summed E-state index contributed by atoms with van der Waals surface area (Å²) < 4.78 is 1.61. The van der Waals surface area contributed by atoms with Crippen LogP contribution in [0.3, 0.4) is 0 Å². The molecule has 0 bridgehead atoms. The van der Waals surface area contributed by atoms with Crippen LogP contribution in [0.2, 0.25) is 0 Å². The van der Waals surface area contributed by atoms with Crippen LogP contribution in [0.15, 0.2) is 6.20 Å². The van der Waals surface area contributed by atoms with Gasteiger partial charge in [-0.05, 0) is 38.8 Å². The molecule has 2 heterocycles. The molecule has 1 amide bonds. The van der Waals surface area contributed by atoms with Gasteiger partial charge in [0.2, 0.25) is 0 Å². The molecule has 0 aliphatic rings. The van der Waals surface area contributed by atoms with Gasteiger partial charge in [0.25, 0.3) is 5.91 Å². The molecule has 5 nitrogen and oxygen atoms in total. The standard InChI is InChI=1S/C12H16N4O/c1-5-13-12(17)10-6-14-11-8(3)7(2)9(4)15-16(10)11/h6H,5H2,1-4H3,(H,13,17). The molecule has 1 N–H and O–H groups in total. The summed E-state index contributed by atoms with van der Waals surface area (Å²) in [5.41, 5.74) is 4.32. The van der Waals surface area contributed by atoms with Gasteiger partial charge in [-0.3, -0.25) is 4.79 Å². The van der Waals surface area contributed by atoms with Gasteiger partial charge in [-0.1, -0.05) is 0 Å². The normalized spacial score (nSPS) is 10.8. The van der Waals surface area contributed by atoms with Crippen molar-refractivity contribution in [2.45, 2.75) is 27.7 Å². The van der Waals surface area contributed by atoms with Crippen molar-refractivity contribution in [2.75, 3.05) is 6.54 Å². The number of nitrogens with one attached hydrogen (secondary N) is 1. The highest BCUT2D eigenvalue weighted by atomic mass is 16.2. The van der Waals surface area contributed by atoms with E-state index in [0.29, 0.717) is 12.2 Å². The lowest BCUT2D eigenvalue weighted by molar-refractivity contribution is 0.0949. The zero-order valence-corrected chi connectivity index (χ0v) is 10.5. The molecule has 0 saturated carbocycles. The number of rotatable bonds is 2. The molecule has 0 aliphatic heterocycles. The van der Waals surface area contributed by atoms with Crippen LogP contribution in [0.25, 0.3) is 5.65 Å². The maximum Gasteiger partial charge on any atom is 0.271 e. The van der Waals surface area contributed by atoms with Crippen LogP contribution < -0.4 is 5.32 Å². The number of carbonyl (C=O) groups excluding carboxylic acids is 1. The molecular formula is C12H16N4O. The highest BCUT2D eigenvalue weighted by Gasteiger charge is 2.15. The highest BCUT2D eigenvalue weighted by Crippen LogP contribution is 2.16. The zero-order valence-electron chi connectivity index (χ0n) is 10.5. The van der Waals surface area contributed by atoms with Gasteiger partial charge in [0.1, 0.15) is 5.69 Å². The van der Waals surface area contributed by atoms with E-state index in [1.165, 1.54) is 0 Å². The minimum absolute atomic E-state index is 0.143. The third-order valence-electron chi connectivity index (χ3n) is 3.00. The predicted molar refractivity (Wildman–Crippen MR) is 65.2 cm³/mol. The molecule has 2 aromatic heterocycles. The van der Waals surface area contributed by atoms with Gasteiger partial charge in [-0.15, -0.1) is 0 Å². The fourth-order valence-electron chi connectivity index (χ4n) is 1.77. The van der Waals surface area contributed by atoms with E-state index in [0.717, 1.165) is 22.5 Å². The van der Waals surface area contributed by atoms with Crippen LogP contribution in [0.4, 0.5) is 0 Å². The van der Waals surface area contributed by atoms with Crippen molar-refractivity contribution in [3.05, 3.63) is 28.7 Å². The zero-order chi connectivity index (χ0) is 12.6. The maximum atomic E-state index is 11.8. The number of hydrogen-bond donors (Lipinski definition) is 1. The average Bonchev–Trinajstić information content (AvgIpc) is 2.70. The van der Waals surface area contributed by atoms with E-state index in [-0.39, 0.29) is 5.91 Å². The van der Waals surface area contributed by atoms with Crippen molar-refractivity contribution < 1.29 is 4.79 Å². The third kappa shape index (κ3) is 1.77. The number of carbonyl (C=O) groups is 1. The number of aromatic nitrogens is 3. The van der Waals surface area contributed by atoms with Crippen LogP contribution in [0.5, 0.6) is 0 Å². The van der Waals surface area contributed by atoms with Crippen LogP contribution in [0.1, 0.15) is 34.2 Å². The molecule has 2 aromatic rings. The fraction of sp³-hybridized carbons (Fsp3) is 0.417. The smallest absolute Gasteiger partial charge is 0.271 e. The van der Waals surface area contributed by atoms with E-state index in [1.54, 1.807) is 10.7 Å². The lowest BCUT2D eigenvalue weighted by atomic mass is 10.1. The van der Waals surface area contributed by atoms with Crippen molar-refractivity contribution >= 4 is 11.6 Å². The third-order valence-corrected chi connectivity index (χ3v) is 3.00. The molecule has 0 aromatic carbocycles. The summed E-state index contributed by atoms with van der Waals surface area (Å²) >= 11 is 0. The topological polar surface area (TPSA) is 59.3 Å². The van der Waals surface area contributed by atoms with Crippen molar-refractivity contribution in [3.8, 4) is 0 Å². The summed E-state index contributed by atoms with van der Waals surface area (Å²) in [6.07, 6.45) is 1.57. The highest BCUT2D eigenvalue weighted by molar-refractivity contribution is 5.93. The molecular weight excluding hydrogens is 216 g/mol. The molecule has 0 radical (unpaired) electrons. The Balaban J connectivity index is 2.65. The van der Waals surface area contributed by atoms with E-state index in [2.05, 4.69) is 15.4 Å². The summed E-state index contributed by atoms with van der Waals surface area (Å²) in [4.78, 5) is 16.1. The Labute approximate surface area is 99.9 Å². The lowest BCUT2D eigenvalue weighted by Crippen LogP contribution is -2.24. The Bertz CT molecular complexity index is 586. The van der Waals surface area contributed by atoms with Crippen LogP contribution in [-0.4, -0.2) is 27.0 Å². The van der Waals surface area contributed by atoms with E-state index in [1.807, 2.05) is 27.7 Å². The second-order valence-corrected chi connectivity index (χ2v) is 4.07. The van der Waals surface area contributed by atoms with Crippen LogP contribution in [-0.2, 0) is 0 Å². The van der Waals surface area contributed by atoms with Crippen molar-refractivity contribution in [2.24, 2.45) is 0 Å². The molecule has 5 heteroatoms. The summed E-state index contributed by atoms with van der Waals surface area (Å²) in [7, 11) is 0. The monoisotopic (exact) mass is 232 g/mol. The summed E-state index contributed by atoms with van der Waals surface area (Å²) in [6.45, 7) is 8.42. The largest absolute Gasteiger partial charge is 0.351 e. The molecule has 2 rings (SSSR count). The Morgan fingerprint density at radius 2 is 2.06 bits per heavy atom. The molecule has 17 heavy (non-hydrogen) atoms. The molecule has 0 unspecified atom stereocenters. The first-order chi connectivity index (χ1) is 8.06. The van der Waals surface area contributed by atoms with Crippen LogP contribution >= 0.6 is 0 Å². The lowest BCUT2D eigenvalue weighted by Gasteiger charge is -2.07. The van der Waals surface area contributed by atoms with Gasteiger partial charge >= 0.3 is 0 Å². The SMILES string of the molecule is CCNC(=O)c1cnc2c(C)c(C)c(C)nn12. The minimum Gasteiger partial charge on any atom is -0.351 e. The van der Waals surface area contributed by atoms with Gasteiger partial charge in [0.15, 0.2) is 5.65 Å².